The molecule has 0 fully saturated rings. The zero-order valence-corrected chi connectivity index (χ0v) is 16.8. The molecule has 4 nitrogen and oxygen atoms in total. The van der Waals surface area contributed by atoms with E-state index in [4.69, 9.17) is 23.2 Å². The number of hydrogen-bond acceptors (Lipinski definition) is 2. The molecular weight excluding hydrogens is 395 g/mol. The molecule has 0 bridgehead atoms. The Balaban J connectivity index is 1.61. The Kier molecular flexibility index (Phi) is 6.25. The second-order valence-electron chi connectivity index (χ2n) is 6.65. The normalized spacial score (nSPS) is 12.9. The molecule has 1 atom stereocenters. The molecule has 0 aliphatic heterocycles. The smallest absolute Gasteiger partial charge is 0.319 e. The van der Waals surface area contributed by atoms with Gasteiger partial charge in [-0.3, -0.25) is 0 Å². The van der Waals surface area contributed by atoms with Crippen LogP contribution in [-0.2, 0) is 5.60 Å². The van der Waals surface area contributed by atoms with Crippen LogP contribution in [0.25, 0.3) is 11.1 Å². The summed E-state index contributed by atoms with van der Waals surface area (Å²) in [5, 5.41) is 16.9. The standard InChI is InChI=1S/C22H20Cl2N2O2/c1-22(28,14-25-21(27)26-18-11-12-19(23)20(24)13-18)17-9-7-16(8-10-17)15-5-3-2-4-6-15/h2-13,28H,14H2,1H3,(H2,25,26,27). The van der Waals surface area contributed by atoms with Gasteiger partial charge in [0, 0.05) is 5.69 Å². The molecule has 0 spiro atoms. The Hall–Kier alpha value is -2.53. The van der Waals surface area contributed by atoms with Crippen molar-refractivity contribution in [2.75, 3.05) is 11.9 Å². The second-order valence-corrected chi connectivity index (χ2v) is 7.47. The Morgan fingerprint density at radius 2 is 1.57 bits per heavy atom. The molecule has 2 amide bonds. The van der Waals surface area contributed by atoms with Crippen LogP contribution in [0.3, 0.4) is 0 Å². The summed E-state index contributed by atoms with van der Waals surface area (Å²) in [6.45, 7) is 1.70. The van der Waals surface area contributed by atoms with Gasteiger partial charge < -0.3 is 15.7 Å². The minimum Gasteiger partial charge on any atom is -0.384 e. The van der Waals surface area contributed by atoms with Crippen molar-refractivity contribution in [3.63, 3.8) is 0 Å². The van der Waals surface area contributed by atoms with Gasteiger partial charge in [-0.15, -0.1) is 0 Å². The van der Waals surface area contributed by atoms with Crippen LogP contribution in [0.2, 0.25) is 10.0 Å². The van der Waals surface area contributed by atoms with Gasteiger partial charge in [-0.25, -0.2) is 4.79 Å². The third-order valence-corrected chi connectivity index (χ3v) is 5.12. The first-order chi connectivity index (χ1) is 13.3. The summed E-state index contributed by atoms with van der Waals surface area (Å²) in [5.74, 6) is 0. The molecule has 0 radical (unpaired) electrons. The summed E-state index contributed by atoms with van der Waals surface area (Å²) in [6.07, 6.45) is 0. The Morgan fingerprint density at radius 1 is 0.929 bits per heavy atom. The number of rotatable bonds is 5. The third kappa shape index (κ3) is 5.04. The number of urea groups is 1. The van der Waals surface area contributed by atoms with Crippen molar-refractivity contribution in [3.8, 4) is 11.1 Å². The van der Waals surface area contributed by atoms with Gasteiger partial charge in [0.25, 0.3) is 0 Å². The summed E-state index contributed by atoms with van der Waals surface area (Å²) in [7, 11) is 0. The molecule has 0 saturated heterocycles. The van der Waals surface area contributed by atoms with E-state index >= 15 is 0 Å². The number of amides is 2. The zero-order chi connectivity index (χ0) is 20.1. The third-order valence-electron chi connectivity index (χ3n) is 4.38. The van der Waals surface area contributed by atoms with Gasteiger partial charge in [0.1, 0.15) is 5.60 Å². The predicted octanol–water partition coefficient (Wildman–Crippen LogP) is 5.69. The van der Waals surface area contributed by atoms with Crippen LogP contribution >= 0.6 is 23.2 Å². The van der Waals surface area contributed by atoms with Crippen molar-refractivity contribution in [1.29, 1.82) is 0 Å². The van der Waals surface area contributed by atoms with Crippen molar-refractivity contribution >= 4 is 34.9 Å². The highest BCUT2D eigenvalue weighted by atomic mass is 35.5. The maximum absolute atomic E-state index is 12.1. The van der Waals surface area contributed by atoms with E-state index in [0.717, 1.165) is 11.1 Å². The molecule has 0 aliphatic rings. The van der Waals surface area contributed by atoms with Crippen LogP contribution < -0.4 is 10.6 Å². The van der Waals surface area contributed by atoms with Gasteiger partial charge in [-0.05, 0) is 41.8 Å². The lowest BCUT2D eigenvalue weighted by molar-refractivity contribution is 0.0600. The number of aliphatic hydroxyl groups is 1. The maximum atomic E-state index is 12.1. The Bertz CT molecular complexity index is 958. The van der Waals surface area contributed by atoms with E-state index in [0.29, 0.717) is 21.3 Å². The van der Waals surface area contributed by atoms with Crippen LogP contribution in [0.5, 0.6) is 0 Å². The molecule has 3 rings (SSSR count). The second kappa shape index (κ2) is 8.65. The Morgan fingerprint density at radius 3 is 2.21 bits per heavy atom. The number of anilines is 1. The predicted molar refractivity (Wildman–Crippen MR) is 115 cm³/mol. The van der Waals surface area contributed by atoms with E-state index in [9.17, 15) is 9.90 Å². The molecule has 144 valence electrons. The molecule has 28 heavy (non-hydrogen) atoms. The number of hydrogen-bond donors (Lipinski definition) is 3. The largest absolute Gasteiger partial charge is 0.384 e. The summed E-state index contributed by atoms with van der Waals surface area (Å²) in [6, 6.07) is 22.0. The number of benzene rings is 3. The number of nitrogens with one attached hydrogen (secondary N) is 2. The average Bonchev–Trinajstić information content (AvgIpc) is 2.70. The molecule has 0 saturated carbocycles. The van der Waals surface area contributed by atoms with Gasteiger partial charge in [0.2, 0.25) is 0 Å². The number of carbonyl (C=O) groups excluding carboxylic acids is 1. The highest BCUT2D eigenvalue weighted by Gasteiger charge is 2.24. The summed E-state index contributed by atoms with van der Waals surface area (Å²) < 4.78 is 0. The van der Waals surface area contributed by atoms with Crippen LogP contribution in [0.1, 0.15) is 12.5 Å². The molecule has 3 N–H and O–H groups in total. The van der Waals surface area contributed by atoms with E-state index < -0.39 is 11.6 Å². The van der Waals surface area contributed by atoms with Crippen LogP contribution in [0.4, 0.5) is 10.5 Å². The van der Waals surface area contributed by atoms with Crippen molar-refractivity contribution in [1.82, 2.24) is 5.32 Å². The van der Waals surface area contributed by atoms with E-state index in [1.165, 1.54) is 0 Å². The van der Waals surface area contributed by atoms with Gasteiger partial charge in [0.15, 0.2) is 0 Å². The minimum absolute atomic E-state index is 0.0465. The quantitative estimate of drug-likeness (QED) is 0.501. The maximum Gasteiger partial charge on any atom is 0.319 e. The van der Waals surface area contributed by atoms with Crippen molar-refractivity contribution in [2.45, 2.75) is 12.5 Å². The summed E-state index contributed by atoms with van der Waals surface area (Å²) in [4.78, 5) is 12.1. The van der Waals surface area contributed by atoms with Gasteiger partial charge in [-0.1, -0.05) is 77.8 Å². The van der Waals surface area contributed by atoms with Crippen molar-refractivity contribution < 1.29 is 9.90 Å². The van der Waals surface area contributed by atoms with E-state index in [2.05, 4.69) is 10.6 Å². The van der Waals surface area contributed by atoms with Gasteiger partial charge in [0.05, 0.1) is 16.6 Å². The Labute approximate surface area is 174 Å². The number of carbonyl (C=O) groups is 1. The first-order valence-corrected chi connectivity index (χ1v) is 9.49. The minimum atomic E-state index is -1.22. The van der Waals surface area contributed by atoms with Crippen molar-refractivity contribution in [2.24, 2.45) is 0 Å². The SMILES string of the molecule is CC(O)(CNC(=O)Nc1ccc(Cl)c(Cl)c1)c1ccc(-c2ccccc2)cc1. The lowest BCUT2D eigenvalue weighted by Crippen LogP contribution is -2.40. The fraction of sp³-hybridized carbons (Fsp3) is 0.136. The lowest BCUT2D eigenvalue weighted by Gasteiger charge is -2.24. The van der Waals surface area contributed by atoms with Crippen LogP contribution in [0, 0.1) is 0 Å². The molecule has 3 aromatic rings. The first-order valence-electron chi connectivity index (χ1n) is 8.73. The average molecular weight is 415 g/mol. The topological polar surface area (TPSA) is 61.4 Å². The van der Waals surface area contributed by atoms with Crippen molar-refractivity contribution in [3.05, 3.63) is 88.4 Å². The molecule has 0 aliphatic carbocycles. The highest BCUT2D eigenvalue weighted by Crippen LogP contribution is 2.26. The molecule has 3 aromatic carbocycles. The van der Waals surface area contributed by atoms with E-state index in [1.807, 2.05) is 54.6 Å². The van der Waals surface area contributed by atoms with Crippen LogP contribution in [0.15, 0.2) is 72.8 Å². The van der Waals surface area contributed by atoms with Gasteiger partial charge in [-0.2, -0.15) is 0 Å². The fourth-order valence-electron chi connectivity index (χ4n) is 2.76. The monoisotopic (exact) mass is 414 g/mol. The summed E-state index contributed by atoms with van der Waals surface area (Å²) in [5.41, 5.74) is 2.17. The molecule has 6 heteroatoms. The highest BCUT2D eigenvalue weighted by molar-refractivity contribution is 6.42. The summed E-state index contributed by atoms with van der Waals surface area (Å²) >= 11 is 11.8. The lowest BCUT2D eigenvalue weighted by atomic mass is 9.94. The molecular formula is C22H20Cl2N2O2. The van der Waals surface area contributed by atoms with E-state index in [1.54, 1.807) is 25.1 Å². The molecule has 0 aromatic heterocycles. The molecule has 0 heterocycles. The van der Waals surface area contributed by atoms with Gasteiger partial charge >= 0.3 is 6.03 Å². The fourth-order valence-corrected chi connectivity index (χ4v) is 3.05. The van der Waals surface area contributed by atoms with Crippen LogP contribution in [-0.4, -0.2) is 17.7 Å². The zero-order valence-electron chi connectivity index (χ0n) is 15.2. The first kappa shape index (κ1) is 20.2. The van der Waals surface area contributed by atoms with E-state index in [-0.39, 0.29) is 6.54 Å². The number of halogens is 2. The molecule has 1 unspecified atom stereocenters.